The molecule has 0 radical (unpaired) electrons. The van der Waals surface area contributed by atoms with Crippen molar-refractivity contribution in [1.82, 2.24) is 4.90 Å². The highest BCUT2D eigenvalue weighted by Crippen LogP contribution is 2.26. The predicted octanol–water partition coefficient (Wildman–Crippen LogP) is 0.515. The van der Waals surface area contributed by atoms with Crippen molar-refractivity contribution in [3.05, 3.63) is 33.3 Å². The molecule has 0 heterocycles. The van der Waals surface area contributed by atoms with Crippen LogP contribution in [0.5, 0.6) is 0 Å². The van der Waals surface area contributed by atoms with Crippen molar-refractivity contribution in [3.8, 4) is 0 Å². The zero-order chi connectivity index (χ0) is 14.6. The van der Waals surface area contributed by atoms with Gasteiger partial charge in [0.05, 0.1) is 10.6 Å². The van der Waals surface area contributed by atoms with Crippen LogP contribution in [0, 0.1) is 0 Å². The molecule has 0 bridgehead atoms. The van der Waals surface area contributed by atoms with E-state index in [1.165, 1.54) is 6.07 Å². The molecule has 0 saturated heterocycles. The Labute approximate surface area is 122 Å². The highest BCUT2D eigenvalue weighted by molar-refractivity contribution is 9.10. The maximum Gasteiger partial charge on any atom is 0.256 e. The van der Waals surface area contributed by atoms with E-state index in [9.17, 15) is 14.4 Å². The Bertz CT molecular complexity index is 520. The van der Waals surface area contributed by atoms with Crippen molar-refractivity contribution in [2.24, 2.45) is 11.5 Å². The van der Waals surface area contributed by atoms with Crippen molar-refractivity contribution < 1.29 is 14.4 Å². The minimum absolute atomic E-state index is 0.151. The molecule has 19 heavy (non-hydrogen) atoms. The first-order valence-corrected chi connectivity index (χ1v) is 6.30. The minimum Gasteiger partial charge on any atom is -0.368 e. The average Bonchev–Trinajstić information content (AvgIpc) is 2.30. The Morgan fingerprint density at radius 2 is 1.68 bits per heavy atom. The van der Waals surface area contributed by atoms with Crippen molar-refractivity contribution >= 4 is 45.3 Å². The number of amides is 3. The van der Waals surface area contributed by atoms with Crippen LogP contribution in [0.1, 0.15) is 10.4 Å². The quantitative estimate of drug-likeness (QED) is 0.810. The number of hydrogen-bond acceptors (Lipinski definition) is 3. The number of benzene rings is 1. The summed E-state index contributed by atoms with van der Waals surface area (Å²) in [6.45, 7) is -0.824. The summed E-state index contributed by atoms with van der Waals surface area (Å²) in [6.07, 6.45) is 0. The fourth-order valence-electron chi connectivity index (χ4n) is 1.42. The van der Waals surface area contributed by atoms with Gasteiger partial charge in [-0.3, -0.25) is 14.4 Å². The van der Waals surface area contributed by atoms with Gasteiger partial charge in [0.2, 0.25) is 11.8 Å². The third-order valence-corrected chi connectivity index (χ3v) is 3.46. The van der Waals surface area contributed by atoms with E-state index in [4.69, 9.17) is 23.1 Å². The molecule has 0 saturated carbocycles. The SMILES string of the molecule is NC(=O)CN(CC(N)=O)C(=O)c1cccc(Br)c1Cl. The molecule has 4 N–H and O–H groups in total. The summed E-state index contributed by atoms with van der Waals surface area (Å²) in [5.41, 5.74) is 10.2. The lowest BCUT2D eigenvalue weighted by Gasteiger charge is -2.20. The number of nitrogens with zero attached hydrogens (tertiary/aromatic N) is 1. The summed E-state index contributed by atoms with van der Waals surface area (Å²) in [7, 11) is 0. The summed E-state index contributed by atoms with van der Waals surface area (Å²) < 4.78 is 0.526. The van der Waals surface area contributed by atoms with Gasteiger partial charge in [-0.1, -0.05) is 17.7 Å². The number of hydrogen-bond donors (Lipinski definition) is 2. The molecule has 1 rings (SSSR count). The number of halogens is 2. The Morgan fingerprint density at radius 1 is 1.16 bits per heavy atom. The monoisotopic (exact) mass is 347 g/mol. The van der Waals surface area contributed by atoms with Gasteiger partial charge >= 0.3 is 0 Å². The summed E-state index contributed by atoms with van der Waals surface area (Å²) in [4.78, 5) is 35.0. The molecular weight excluding hydrogens is 337 g/mol. The van der Waals surface area contributed by atoms with Crippen LogP contribution in [0.25, 0.3) is 0 Å². The second kappa shape index (κ2) is 6.53. The molecule has 0 aliphatic rings. The lowest BCUT2D eigenvalue weighted by atomic mass is 10.2. The first kappa shape index (κ1) is 15.5. The predicted molar refractivity (Wildman–Crippen MR) is 73.4 cm³/mol. The van der Waals surface area contributed by atoms with Gasteiger partial charge in [-0.2, -0.15) is 0 Å². The highest BCUT2D eigenvalue weighted by atomic mass is 79.9. The van der Waals surface area contributed by atoms with Crippen molar-refractivity contribution in [2.45, 2.75) is 0 Å². The normalized spacial score (nSPS) is 10.0. The molecule has 0 aliphatic carbocycles. The number of carbonyl (C=O) groups is 3. The van der Waals surface area contributed by atoms with E-state index < -0.39 is 30.8 Å². The van der Waals surface area contributed by atoms with E-state index >= 15 is 0 Å². The Kier molecular flexibility index (Phi) is 5.31. The summed E-state index contributed by atoms with van der Waals surface area (Å²) >= 11 is 9.16. The van der Waals surface area contributed by atoms with Crippen LogP contribution in [-0.4, -0.2) is 35.7 Å². The van der Waals surface area contributed by atoms with Gasteiger partial charge in [-0.15, -0.1) is 0 Å². The molecule has 0 atom stereocenters. The Morgan fingerprint density at radius 3 is 2.16 bits per heavy atom. The van der Waals surface area contributed by atoms with Gasteiger partial charge in [0.1, 0.15) is 13.1 Å². The molecule has 3 amide bonds. The summed E-state index contributed by atoms with van der Waals surface area (Å²) in [6, 6.07) is 4.74. The number of rotatable bonds is 5. The van der Waals surface area contributed by atoms with Crippen molar-refractivity contribution in [2.75, 3.05) is 13.1 Å². The van der Waals surface area contributed by atoms with E-state index in [1.54, 1.807) is 12.1 Å². The van der Waals surface area contributed by atoms with Crippen LogP contribution in [0.2, 0.25) is 5.02 Å². The van der Waals surface area contributed by atoms with Crippen LogP contribution >= 0.6 is 27.5 Å². The smallest absolute Gasteiger partial charge is 0.256 e. The number of nitrogens with two attached hydrogens (primary N) is 2. The lowest BCUT2D eigenvalue weighted by molar-refractivity contribution is -0.121. The molecule has 1 aromatic carbocycles. The van der Waals surface area contributed by atoms with E-state index in [1.807, 2.05) is 0 Å². The fourth-order valence-corrected chi connectivity index (χ4v) is 1.99. The van der Waals surface area contributed by atoms with Crippen molar-refractivity contribution in [1.29, 1.82) is 0 Å². The molecule has 6 nitrogen and oxygen atoms in total. The van der Waals surface area contributed by atoms with Gasteiger partial charge in [-0.05, 0) is 28.1 Å². The third kappa shape index (κ3) is 4.22. The fraction of sp³-hybridized carbons (Fsp3) is 0.182. The maximum absolute atomic E-state index is 12.2. The van der Waals surface area contributed by atoms with E-state index in [-0.39, 0.29) is 10.6 Å². The zero-order valence-electron chi connectivity index (χ0n) is 9.73. The van der Waals surface area contributed by atoms with Crippen molar-refractivity contribution in [3.63, 3.8) is 0 Å². The van der Waals surface area contributed by atoms with Gasteiger partial charge in [0.15, 0.2) is 0 Å². The van der Waals surface area contributed by atoms with E-state index in [0.717, 1.165) is 4.90 Å². The lowest BCUT2D eigenvalue weighted by Crippen LogP contribution is -2.43. The Balaban J connectivity index is 3.07. The molecule has 0 spiro atoms. The largest absolute Gasteiger partial charge is 0.368 e. The standard InChI is InChI=1S/C11H11BrClN3O3/c12-7-3-1-2-6(10(7)13)11(19)16(4-8(14)17)5-9(15)18/h1-3H,4-5H2,(H2,14,17)(H2,15,18). The third-order valence-electron chi connectivity index (χ3n) is 2.16. The first-order chi connectivity index (χ1) is 8.82. The average molecular weight is 349 g/mol. The first-order valence-electron chi connectivity index (χ1n) is 5.12. The molecule has 0 fully saturated rings. The van der Waals surface area contributed by atoms with Gasteiger partial charge in [-0.25, -0.2) is 0 Å². The molecule has 8 heteroatoms. The van der Waals surface area contributed by atoms with Crippen LogP contribution in [-0.2, 0) is 9.59 Å². The second-order valence-corrected chi connectivity index (χ2v) is 4.93. The highest BCUT2D eigenvalue weighted by Gasteiger charge is 2.22. The van der Waals surface area contributed by atoms with Crippen LogP contribution in [0.4, 0.5) is 0 Å². The summed E-state index contributed by atoms with van der Waals surface area (Å²) in [5, 5.41) is 0.187. The van der Waals surface area contributed by atoms with Gasteiger partial charge in [0, 0.05) is 4.47 Å². The molecule has 0 unspecified atom stereocenters. The van der Waals surface area contributed by atoms with E-state index in [0.29, 0.717) is 4.47 Å². The topological polar surface area (TPSA) is 106 Å². The van der Waals surface area contributed by atoms with Gasteiger partial charge in [0.25, 0.3) is 5.91 Å². The molecule has 1 aromatic rings. The van der Waals surface area contributed by atoms with Crippen LogP contribution in [0.15, 0.2) is 22.7 Å². The second-order valence-electron chi connectivity index (χ2n) is 3.70. The maximum atomic E-state index is 12.2. The zero-order valence-corrected chi connectivity index (χ0v) is 12.1. The number of primary amides is 2. The number of carbonyl (C=O) groups excluding carboxylic acids is 3. The molecule has 0 aromatic heterocycles. The molecule has 0 aliphatic heterocycles. The Hall–Kier alpha value is -1.60. The van der Waals surface area contributed by atoms with Crippen LogP contribution < -0.4 is 11.5 Å². The van der Waals surface area contributed by atoms with Crippen LogP contribution in [0.3, 0.4) is 0 Å². The van der Waals surface area contributed by atoms with E-state index in [2.05, 4.69) is 15.9 Å². The minimum atomic E-state index is -0.749. The summed E-state index contributed by atoms with van der Waals surface area (Å²) in [5.74, 6) is -2.09. The molecule has 102 valence electrons. The van der Waals surface area contributed by atoms with Gasteiger partial charge < -0.3 is 16.4 Å². The molecular formula is C11H11BrClN3O3.